The van der Waals surface area contributed by atoms with Crippen molar-refractivity contribution in [2.75, 3.05) is 0 Å². The lowest BCUT2D eigenvalue weighted by Gasteiger charge is -2.25. The second-order valence-corrected chi connectivity index (χ2v) is 19.0. The Morgan fingerprint density at radius 1 is 0.367 bits per heavy atom. The number of hydrogen-bond acceptors (Lipinski definition) is 3. The van der Waals surface area contributed by atoms with Gasteiger partial charge in [-0.15, -0.1) is 0 Å². The van der Waals surface area contributed by atoms with Crippen molar-refractivity contribution in [3.05, 3.63) is 90.6 Å². The summed E-state index contributed by atoms with van der Waals surface area (Å²) in [6.07, 6.45) is 0. The minimum Gasteiger partial charge on any atom is -0.386 e. The maximum atomic E-state index is 14.0. The van der Waals surface area contributed by atoms with Crippen molar-refractivity contribution in [3.63, 3.8) is 0 Å². The van der Waals surface area contributed by atoms with Gasteiger partial charge in [0, 0.05) is 10.8 Å². The van der Waals surface area contributed by atoms with Crippen LogP contribution in [-0.4, -0.2) is 0 Å². The highest BCUT2D eigenvalue weighted by molar-refractivity contribution is 6.50. The van der Waals surface area contributed by atoms with Crippen LogP contribution in [0, 0.1) is 13.8 Å². The fraction of sp³-hybridized carbons (Fsp3) is 0.391. The Morgan fingerprint density at radius 2 is 0.653 bits per heavy atom. The van der Waals surface area contributed by atoms with E-state index >= 15 is 0 Å². The third-order valence-electron chi connectivity index (χ3n) is 11.5. The molecule has 0 radical (unpaired) electrons. The van der Waals surface area contributed by atoms with Gasteiger partial charge in [-0.2, -0.15) is 0 Å². The van der Waals surface area contributed by atoms with Crippen LogP contribution in [0.4, 0.5) is 0 Å². The van der Waals surface area contributed by atoms with Gasteiger partial charge in [-0.1, -0.05) is 95.2 Å². The van der Waals surface area contributed by atoms with E-state index in [2.05, 4.69) is 133 Å². The zero-order valence-corrected chi connectivity index (χ0v) is 31.7. The lowest BCUT2D eigenvalue weighted by atomic mass is 9.79. The Hall–Kier alpha value is -4.24. The predicted molar refractivity (Wildman–Crippen MR) is 212 cm³/mol. The Kier molecular flexibility index (Phi) is 6.07. The first-order valence-electron chi connectivity index (χ1n) is 17.8. The van der Waals surface area contributed by atoms with E-state index in [0.717, 1.165) is 43.1 Å². The molecule has 49 heavy (non-hydrogen) atoms. The molecule has 7 aromatic carbocycles. The molecular weight excluding hydrogens is 601 g/mol. The minimum absolute atomic E-state index is 0.106. The first kappa shape index (κ1) is 32.0. The SMILES string of the molecule is Cc1c(C(C)(C)C)cc2c3c1cc(C(C)(C)C)cc3c1c3c(=O)oc(=O)c3c3c4cc(C(C)(C)C)cc5c(C)c(C(C)(C)C)cc(c54)c3c21. The number of furan rings is 1. The molecule has 0 aliphatic heterocycles. The van der Waals surface area contributed by atoms with Gasteiger partial charge in [0.1, 0.15) is 0 Å². The smallest absolute Gasteiger partial charge is 0.347 e. The number of hydrogen-bond donors (Lipinski definition) is 0. The van der Waals surface area contributed by atoms with Gasteiger partial charge in [0.2, 0.25) is 0 Å². The number of rotatable bonds is 0. The topological polar surface area (TPSA) is 47.3 Å². The molecule has 3 nitrogen and oxygen atoms in total. The third kappa shape index (κ3) is 4.14. The van der Waals surface area contributed by atoms with E-state index in [1.54, 1.807) is 0 Å². The lowest BCUT2D eigenvalue weighted by Crippen LogP contribution is -2.14. The molecule has 1 aromatic heterocycles. The molecule has 0 aliphatic rings. The van der Waals surface area contributed by atoms with Crippen molar-refractivity contribution in [3.8, 4) is 0 Å². The van der Waals surface area contributed by atoms with Gasteiger partial charge >= 0.3 is 11.3 Å². The van der Waals surface area contributed by atoms with E-state index in [9.17, 15) is 9.59 Å². The van der Waals surface area contributed by atoms with Crippen LogP contribution in [0.1, 0.15) is 116 Å². The van der Waals surface area contributed by atoms with Crippen molar-refractivity contribution in [1.29, 1.82) is 0 Å². The second-order valence-electron chi connectivity index (χ2n) is 19.0. The molecule has 0 N–H and O–H groups in total. The van der Waals surface area contributed by atoms with Crippen molar-refractivity contribution in [2.45, 2.75) is 119 Å². The molecule has 0 fully saturated rings. The van der Waals surface area contributed by atoms with Gasteiger partial charge in [0.05, 0.1) is 10.8 Å². The molecule has 0 saturated carbocycles. The monoisotopic (exact) mass is 648 g/mol. The molecular formula is C46H48O3. The van der Waals surface area contributed by atoms with Crippen LogP contribution in [-0.2, 0) is 21.7 Å². The molecule has 3 heteroatoms. The molecule has 0 amide bonds. The molecule has 8 rings (SSSR count). The highest BCUT2D eigenvalue weighted by atomic mass is 16.4. The quantitative estimate of drug-likeness (QED) is 0.164. The molecule has 250 valence electrons. The van der Waals surface area contributed by atoms with E-state index < -0.39 is 11.3 Å². The molecule has 0 unspecified atom stereocenters. The summed E-state index contributed by atoms with van der Waals surface area (Å²) in [5.74, 6) is 0. The molecule has 0 aliphatic carbocycles. The maximum Gasteiger partial charge on any atom is 0.347 e. The van der Waals surface area contributed by atoms with Crippen molar-refractivity contribution < 1.29 is 4.42 Å². The van der Waals surface area contributed by atoms with E-state index in [0.29, 0.717) is 10.8 Å². The number of fused-ring (bicyclic) bond motifs is 10. The van der Waals surface area contributed by atoms with Gasteiger partial charge in [-0.05, 0) is 147 Å². The van der Waals surface area contributed by atoms with Crippen molar-refractivity contribution in [1.82, 2.24) is 0 Å². The fourth-order valence-electron chi connectivity index (χ4n) is 9.03. The Morgan fingerprint density at radius 3 is 0.959 bits per heavy atom. The highest BCUT2D eigenvalue weighted by Gasteiger charge is 2.32. The maximum absolute atomic E-state index is 14.0. The van der Waals surface area contributed by atoms with E-state index in [-0.39, 0.29) is 21.7 Å². The third-order valence-corrected chi connectivity index (χ3v) is 11.5. The van der Waals surface area contributed by atoms with Crippen LogP contribution in [0.2, 0.25) is 0 Å². The summed E-state index contributed by atoms with van der Waals surface area (Å²) in [6, 6.07) is 14.1. The summed E-state index contributed by atoms with van der Waals surface area (Å²) in [5, 5.41) is 13.8. The summed E-state index contributed by atoms with van der Waals surface area (Å²) >= 11 is 0. The summed E-state index contributed by atoms with van der Waals surface area (Å²) in [6.45, 7) is 31.6. The van der Waals surface area contributed by atoms with E-state index in [1.165, 1.54) is 54.9 Å². The second kappa shape index (κ2) is 9.30. The number of aryl methyl sites for hydroxylation is 2. The zero-order chi connectivity index (χ0) is 35.7. The Labute approximate surface area is 288 Å². The molecule has 0 saturated heterocycles. The van der Waals surface area contributed by atoms with Crippen molar-refractivity contribution >= 4 is 75.4 Å². The van der Waals surface area contributed by atoms with Crippen LogP contribution in [0.25, 0.3) is 75.4 Å². The summed E-state index contributed by atoms with van der Waals surface area (Å²) in [5.41, 5.74) is 5.99. The van der Waals surface area contributed by atoms with Gasteiger partial charge < -0.3 is 4.42 Å². The molecule has 0 spiro atoms. The average molecular weight is 649 g/mol. The van der Waals surface area contributed by atoms with E-state index in [1.807, 2.05) is 0 Å². The predicted octanol–water partition coefficient (Wildman–Crippen LogP) is 12.2. The lowest BCUT2D eigenvalue weighted by molar-refractivity contribution is 0.500. The Bertz CT molecular complexity index is 2640. The first-order chi connectivity index (χ1) is 22.5. The summed E-state index contributed by atoms with van der Waals surface area (Å²) in [4.78, 5) is 28.0. The fourth-order valence-corrected chi connectivity index (χ4v) is 9.03. The van der Waals surface area contributed by atoms with Crippen LogP contribution >= 0.6 is 0 Å². The minimum atomic E-state index is -0.542. The first-order valence-corrected chi connectivity index (χ1v) is 17.8. The van der Waals surface area contributed by atoms with Gasteiger partial charge in [0.25, 0.3) is 0 Å². The summed E-state index contributed by atoms with van der Waals surface area (Å²) < 4.78 is 5.59. The van der Waals surface area contributed by atoms with E-state index in [4.69, 9.17) is 4.42 Å². The largest absolute Gasteiger partial charge is 0.386 e. The van der Waals surface area contributed by atoms with Gasteiger partial charge in [-0.3, -0.25) is 0 Å². The van der Waals surface area contributed by atoms with Crippen LogP contribution < -0.4 is 11.3 Å². The van der Waals surface area contributed by atoms with Gasteiger partial charge in [0.15, 0.2) is 0 Å². The standard InChI is InChI=1S/C46H48O3/c1-21-25-15-23(43(3,4)5)17-27-33(25)29(19-31(21)45(9,10)11)35-36-30-20-32(46(12,13)14)22(2)26-16-24(44(6,7)8)18-28(34(26)30)38(36)40-39(37(27)35)41(47)49-42(40)48/h15-20H,1-14H3. The normalized spacial score (nSPS) is 14.1. The summed E-state index contributed by atoms with van der Waals surface area (Å²) in [7, 11) is 0. The molecule has 1 heterocycles. The molecule has 8 aromatic rings. The van der Waals surface area contributed by atoms with Crippen LogP contribution in [0.15, 0.2) is 50.4 Å². The average Bonchev–Trinajstić information content (AvgIpc) is 3.57. The molecule has 0 atom stereocenters. The molecule has 0 bridgehead atoms. The van der Waals surface area contributed by atoms with Crippen LogP contribution in [0.5, 0.6) is 0 Å². The van der Waals surface area contributed by atoms with Crippen LogP contribution in [0.3, 0.4) is 0 Å². The zero-order valence-electron chi connectivity index (χ0n) is 31.7. The van der Waals surface area contributed by atoms with Crippen molar-refractivity contribution in [2.24, 2.45) is 0 Å². The number of benzene rings is 5. The van der Waals surface area contributed by atoms with Gasteiger partial charge in [-0.25, -0.2) is 9.59 Å². The Balaban J connectivity index is 1.83. The highest BCUT2D eigenvalue weighted by Crippen LogP contribution is 2.54.